The summed E-state index contributed by atoms with van der Waals surface area (Å²) in [6, 6.07) is 0. The van der Waals surface area contributed by atoms with Crippen molar-refractivity contribution >= 4 is 5.91 Å². The topological polar surface area (TPSA) is 41.1 Å². The Balaban J connectivity index is 3.39. The minimum absolute atomic E-state index is 0.785. The van der Waals surface area contributed by atoms with Gasteiger partial charge in [-0.05, 0) is 0 Å². The highest BCUT2D eigenvalue weighted by Crippen LogP contribution is 2.06. The first-order valence-corrected chi connectivity index (χ1v) is 2.02. The van der Waals surface area contributed by atoms with Crippen LogP contribution in [0.3, 0.4) is 0 Å². The van der Waals surface area contributed by atoms with Crippen molar-refractivity contribution in [3.8, 4) is 0 Å². The summed E-state index contributed by atoms with van der Waals surface area (Å²) in [6.07, 6.45) is -4.55. The van der Waals surface area contributed by atoms with Crippen molar-refractivity contribution in [1.29, 1.82) is 0 Å². The van der Waals surface area contributed by atoms with Gasteiger partial charge in [0.2, 0.25) is 5.91 Å². The largest absolute Gasteiger partial charge is 0.474 e. The Morgan fingerprint density at radius 1 is 1.44 bits per heavy atom. The van der Waals surface area contributed by atoms with E-state index in [-0.39, 0.29) is 0 Å². The molecule has 0 aromatic rings. The van der Waals surface area contributed by atoms with Gasteiger partial charge in [0.05, 0.1) is 0 Å². The molecule has 54 valence electrons. The predicted octanol–water partition coefficient (Wildman–Crippen LogP) is 0.147. The number of alkyl halides is 3. The van der Waals surface area contributed by atoms with Crippen LogP contribution < -0.4 is 10.9 Å². The third kappa shape index (κ3) is 7.22. The third-order valence-electron chi connectivity index (χ3n) is 0.380. The maximum atomic E-state index is 11.1. The molecule has 0 aromatic carbocycles. The maximum Gasteiger partial charge on any atom is 0.474 e. The Kier molecular flexibility index (Phi) is 2.44. The molecule has 9 heavy (non-hydrogen) atoms. The van der Waals surface area contributed by atoms with Crippen molar-refractivity contribution in [2.24, 2.45) is 0 Å². The molecule has 0 radical (unpaired) electrons. The summed E-state index contributed by atoms with van der Waals surface area (Å²) in [5.74, 6) is -0.785. The normalized spacial score (nSPS) is 11.1. The smallest absolute Gasteiger partial charge is 0.285 e. The molecular weight excluding hydrogens is 137 g/mol. The van der Waals surface area contributed by atoms with Crippen LogP contribution in [0, 0.1) is 0 Å². The van der Waals surface area contributed by atoms with Gasteiger partial charge in [-0.3, -0.25) is 10.2 Å². The van der Waals surface area contributed by atoms with Crippen molar-refractivity contribution in [2.45, 2.75) is 13.2 Å². The molecule has 3 nitrogen and oxygen atoms in total. The molecule has 1 amide bonds. The van der Waals surface area contributed by atoms with Crippen LogP contribution in [-0.2, 0) is 4.79 Å². The third-order valence-corrected chi connectivity index (χ3v) is 0.380. The van der Waals surface area contributed by atoms with Gasteiger partial charge in [0.25, 0.3) is 0 Å². The Labute approximate surface area is 49.2 Å². The zero-order valence-electron chi connectivity index (χ0n) is 4.54. The highest BCUT2D eigenvalue weighted by Gasteiger charge is 2.26. The molecule has 0 saturated carbocycles. The highest BCUT2D eigenvalue weighted by atomic mass is 19.4. The molecule has 2 N–H and O–H groups in total. The Morgan fingerprint density at radius 2 is 1.89 bits per heavy atom. The molecule has 0 bridgehead atoms. The first-order chi connectivity index (χ1) is 3.92. The number of hydrogen-bond acceptors (Lipinski definition) is 2. The lowest BCUT2D eigenvalue weighted by Gasteiger charge is -2.06. The van der Waals surface area contributed by atoms with Crippen LogP contribution in [0.25, 0.3) is 0 Å². The fraction of sp³-hybridized carbons (Fsp3) is 0.667. The fourth-order valence-electron chi connectivity index (χ4n) is 0.159. The van der Waals surface area contributed by atoms with Crippen molar-refractivity contribution in [1.82, 2.24) is 10.9 Å². The summed E-state index contributed by atoms with van der Waals surface area (Å²) in [5, 5.41) is 0. The Hall–Kier alpha value is -0.780. The van der Waals surface area contributed by atoms with Gasteiger partial charge in [-0.15, -0.1) is 5.43 Å². The molecule has 0 aliphatic rings. The second-order valence-electron chi connectivity index (χ2n) is 1.30. The quantitative estimate of drug-likeness (QED) is 0.404. The van der Waals surface area contributed by atoms with Gasteiger partial charge in [0.1, 0.15) is 0 Å². The molecule has 0 aliphatic carbocycles. The van der Waals surface area contributed by atoms with Gasteiger partial charge in [-0.25, -0.2) is 0 Å². The second-order valence-corrected chi connectivity index (χ2v) is 1.30. The van der Waals surface area contributed by atoms with Gasteiger partial charge < -0.3 is 0 Å². The molecule has 0 saturated heterocycles. The van der Waals surface area contributed by atoms with Crippen molar-refractivity contribution in [3.05, 3.63) is 0 Å². The molecule has 0 spiro atoms. The lowest BCUT2D eigenvalue weighted by Crippen LogP contribution is -2.45. The number of halogens is 3. The Morgan fingerprint density at radius 3 is 2.00 bits per heavy atom. The summed E-state index contributed by atoms with van der Waals surface area (Å²) in [6.45, 7) is 0.971. The molecular formula is C3H5F3N2O. The van der Waals surface area contributed by atoms with Crippen LogP contribution in [0.1, 0.15) is 6.92 Å². The fourth-order valence-corrected chi connectivity index (χ4v) is 0.159. The summed E-state index contributed by atoms with van der Waals surface area (Å²) >= 11 is 0. The van der Waals surface area contributed by atoms with Crippen molar-refractivity contribution in [2.75, 3.05) is 0 Å². The molecule has 0 heterocycles. The Bertz CT molecular complexity index is 110. The SMILES string of the molecule is CC(=O)NNC(F)(F)F. The average molecular weight is 142 g/mol. The number of hydrogen-bond donors (Lipinski definition) is 2. The van der Waals surface area contributed by atoms with Crippen LogP contribution in [-0.4, -0.2) is 12.2 Å². The molecule has 6 heteroatoms. The number of rotatable bonds is 1. The van der Waals surface area contributed by atoms with Gasteiger partial charge >= 0.3 is 6.30 Å². The van der Waals surface area contributed by atoms with E-state index in [0.29, 0.717) is 0 Å². The van der Waals surface area contributed by atoms with E-state index in [1.807, 2.05) is 0 Å². The van der Waals surface area contributed by atoms with E-state index in [9.17, 15) is 18.0 Å². The molecule has 0 aliphatic heterocycles. The van der Waals surface area contributed by atoms with Crippen LogP contribution in [0.15, 0.2) is 0 Å². The van der Waals surface area contributed by atoms with E-state index in [1.54, 1.807) is 0 Å². The number of hydrazine groups is 1. The predicted molar refractivity (Wildman–Crippen MR) is 23.0 cm³/mol. The summed E-state index contributed by atoms with van der Waals surface area (Å²) in [7, 11) is 0. The van der Waals surface area contributed by atoms with Crippen LogP contribution in [0.2, 0.25) is 0 Å². The summed E-state index contributed by atoms with van der Waals surface area (Å²) < 4.78 is 33.3. The number of amides is 1. The van der Waals surface area contributed by atoms with E-state index in [2.05, 4.69) is 0 Å². The van der Waals surface area contributed by atoms with Gasteiger partial charge in [0, 0.05) is 6.92 Å². The van der Waals surface area contributed by atoms with E-state index < -0.39 is 12.2 Å². The standard InChI is InChI=1S/C3H5F3N2O/c1-2(9)7-8-3(4,5)6/h8H,1H3,(H,7,9). The second kappa shape index (κ2) is 2.67. The van der Waals surface area contributed by atoms with Crippen molar-refractivity contribution in [3.63, 3.8) is 0 Å². The van der Waals surface area contributed by atoms with Crippen LogP contribution >= 0.6 is 0 Å². The van der Waals surface area contributed by atoms with Gasteiger partial charge in [0.15, 0.2) is 0 Å². The van der Waals surface area contributed by atoms with Crippen molar-refractivity contribution < 1.29 is 18.0 Å². The average Bonchev–Trinajstić information content (AvgIpc) is 1.59. The van der Waals surface area contributed by atoms with E-state index in [4.69, 9.17) is 0 Å². The zero-order valence-corrected chi connectivity index (χ0v) is 4.54. The summed E-state index contributed by atoms with van der Waals surface area (Å²) in [5.41, 5.74) is 2.19. The monoisotopic (exact) mass is 142 g/mol. The lowest BCUT2D eigenvalue weighted by molar-refractivity contribution is -0.170. The van der Waals surface area contributed by atoms with Crippen LogP contribution in [0.5, 0.6) is 0 Å². The lowest BCUT2D eigenvalue weighted by atomic mass is 10.8. The first kappa shape index (κ1) is 8.22. The molecule has 0 aromatic heterocycles. The number of carbonyl (C=O) groups excluding carboxylic acids is 1. The number of carbonyl (C=O) groups is 1. The minimum Gasteiger partial charge on any atom is -0.285 e. The minimum atomic E-state index is -4.55. The van der Waals surface area contributed by atoms with Gasteiger partial charge in [-0.2, -0.15) is 13.2 Å². The van der Waals surface area contributed by atoms with E-state index >= 15 is 0 Å². The van der Waals surface area contributed by atoms with E-state index in [1.165, 1.54) is 5.43 Å². The van der Waals surface area contributed by atoms with Crippen LogP contribution in [0.4, 0.5) is 13.2 Å². The van der Waals surface area contributed by atoms with Gasteiger partial charge in [-0.1, -0.05) is 0 Å². The highest BCUT2D eigenvalue weighted by molar-refractivity contribution is 5.72. The van der Waals surface area contributed by atoms with E-state index in [0.717, 1.165) is 12.3 Å². The molecule has 0 rings (SSSR count). The molecule has 0 fully saturated rings. The zero-order chi connectivity index (χ0) is 7.49. The number of nitrogens with one attached hydrogen (secondary N) is 2. The first-order valence-electron chi connectivity index (χ1n) is 2.02. The molecule has 0 atom stereocenters. The molecule has 0 unspecified atom stereocenters. The summed E-state index contributed by atoms with van der Waals surface area (Å²) in [4.78, 5) is 9.82. The maximum absolute atomic E-state index is 11.1.